The lowest BCUT2D eigenvalue weighted by Crippen LogP contribution is -1.99. The highest BCUT2D eigenvalue weighted by molar-refractivity contribution is 7.84. The van der Waals surface area contributed by atoms with E-state index in [0.29, 0.717) is 11.4 Å². The van der Waals surface area contributed by atoms with Gasteiger partial charge in [0.15, 0.2) is 0 Å². The highest BCUT2D eigenvalue weighted by Gasteiger charge is 2.08. The molecule has 1 unspecified atom stereocenters. The number of nitrogens with two attached hydrogens (primary N) is 1. The minimum atomic E-state index is -1.02. The summed E-state index contributed by atoms with van der Waals surface area (Å²) in [7, 11) is -1.02. The predicted molar refractivity (Wildman–Crippen MR) is 76.9 cm³/mol. The lowest BCUT2D eigenvalue weighted by molar-refractivity contribution is 0.682. The van der Waals surface area contributed by atoms with Gasteiger partial charge in [-0.25, -0.2) is 0 Å². The fraction of sp³-hybridized carbons (Fsp3) is 0.200. The molecule has 0 fully saturated rings. The molecule has 0 aromatic heterocycles. The van der Waals surface area contributed by atoms with Crippen molar-refractivity contribution in [2.24, 2.45) is 0 Å². The second-order valence-electron chi connectivity index (χ2n) is 4.50. The topological polar surface area (TPSA) is 43.1 Å². The van der Waals surface area contributed by atoms with Gasteiger partial charge in [-0.05, 0) is 43.2 Å². The second-order valence-corrected chi connectivity index (χ2v) is 5.92. The Hall–Kier alpha value is -1.61. The van der Waals surface area contributed by atoms with E-state index in [9.17, 15) is 4.21 Å². The van der Waals surface area contributed by atoms with Gasteiger partial charge in [0.05, 0.1) is 16.6 Å². The molecule has 0 amide bonds. The molecule has 18 heavy (non-hydrogen) atoms. The summed E-state index contributed by atoms with van der Waals surface area (Å²) in [6.45, 7) is 3.99. The van der Waals surface area contributed by atoms with E-state index >= 15 is 0 Å². The predicted octanol–water partition coefficient (Wildman–Crippen LogP) is 3.19. The Morgan fingerprint density at radius 1 is 1.06 bits per heavy atom. The summed E-state index contributed by atoms with van der Waals surface area (Å²) in [6.07, 6.45) is 0. The van der Waals surface area contributed by atoms with Crippen molar-refractivity contribution in [1.29, 1.82) is 0 Å². The fourth-order valence-corrected chi connectivity index (χ4v) is 3.13. The minimum absolute atomic E-state index is 0.547. The van der Waals surface area contributed by atoms with E-state index in [0.717, 1.165) is 16.0 Å². The summed E-state index contributed by atoms with van der Waals surface area (Å²) in [5, 5.41) is 0. The van der Waals surface area contributed by atoms with Gasteiger partial charge in [-0.3, -0.25) is 4.21 Å². The van der Waals surface area contributed by atoms with Crippen LogP contribution < -0.4 is 5.73 Å². The van der Waals surface area contributed by atoms with Crippen molar-refractivity contribution in [3.63, 3.8) is 0 Å². The van der Waals surface area contributed by atoms with Crippen LogP contribution in [0.3, 0.4) is 0 Å². The van der Waals surface area contributed by atoms with Crippen LogP contribution in [0, 0.1) is 13.8 Å². The Kier molecular flexibility index (Phi) is 3.82. The van der Waals surface area contributed by atoms with Crippen LogP contribution in [0.2, 0.25) is 0 Å². The molecule has 2 rings (SSSR count). The molecule has 0 radical (unpaired) electrons. The van der Waals surface area contributed by atoms with Crippen LogP contribution >= 0.6 is 0 Å². The molecule has 0 aliphatic heterocycles. The van der Waals surface area contributed by atoms with Crippen LogP contribution in [0.5, 0.6) is 0 Å². The van der Waals surface area contributed by atoms with Crippen molar-refractivity contribution >= 4 is 16.5 Å². The summed E-state index contributed by atoms with van der Waals surface area (Å²) >= 11 is 0. The summed E-state index contributed by atoms with van der Waals surface area (Å²) in [4.78, 5) is 0.866. The van der Waals surface area contributed by atoms with Crippen LogP contribution in [0.15, 0.2) is 47.4 Å². The molecule has 3 heteroatoms. The third-order valence-corrected chi connectivity index (χ3v) is 4.41. The molecule has 0 aliphatic rings. The molecule has 0 spiro atoms. The van der Waals surface area contributed by atoms with E-state index in [4.69, 9.17) is 5.73 Å². The Labute approximate surface area is 110 Å². The van der Waals surface area contributed by atoms with Gasteiger partial charge in [-0.2, -0.15) is 0 Å². The molecule has 0 saturated heterocycles. The van der Waals surface area contributed by atoms with Crippen LogP contribution in [-0.2, 0) is 16.6 Å². The molecule has 2 N–H and O–H groups in total. The van der Waals surface area contributed by atoms with Crippen molar-refractivity contribution in [2.45, 2.75) is 24.5 Å². The van der Waals surface area contributed by atoms with Crippen LogP contribution in [0.4, 0.5) is 5.69 Å². The first kappa shape index (κ1) is 12.8. The minimum Gasteiger partial charge on any atom is -0.399 e. The van der Waals surface area contributed by atoms with E-state index in [2.05, 4.69) is 0 Å². The quantitative estimate of drug-likeness (QED) is 0.860. The van der Waals surface area contributed by atoms with Gasteiger partial charge in [0.1, 0.15) is 0 Å². The number of nitrogen functional groups attached to an aromatic ring is 1. The maximum atomic E-state index is 12.3. The summed E-state index contributed by atoms with van der Waals surface area (Å²) in [5.41, 5.74) is 9.70. The van der Waals surface area contributed by atoms with Crippen molar-refractivity contribution in [3.05, 3.63) is 59.2 Å². The number of benzene rings is 2. The molecule has 2 nitrogen and oxygen atoms in total. The maximum absolute atomic E-state index is 12.3. The van der Waals surface area contributed by atoms with E-state index < -0.39 is 10.8 Å². The lowest BCUT2D eigenvalue weighted by Gasteiger charge is -2.07. The number of anilines is 1. The zero-order valence-corrected chi connectivity index (χ0v) is 11.5. The third-order valence-electron chi connectivity index (χ3n) is 2.86. The monoisotopic (exact) mass is 259 g/mol. The van der Waals surface area contributed by atoms with E-state index in [1.165, 1.54) is 5.56 Å². The summed E-state index contributed by atoms with van der Waals surface area (Å²) in [5.74, 6) is 0.547. The lowest BCUT2D eigenvalue weighted by atomic mass is 10.2. The Morgan fingerprint density at radius 3 is 2.33 bits per heavy atom. The van der Waals surface area contributed by atoms with Crippen LogP contribution in [-0.4, -0.2) is 4.21 Å². The number of hydrogen-bond donors (Lipinski definition) is 1. The normalized spacial score (nSPS) is 12.3. The number of aryl methyl sites for hydroxylation is 2. The van der Waals surface area contributed by atoms with Gasteiger partial charge < -0.3 is 5.73 Å². The van der Waals surface area contributed by atoms with E-state index in [1.54, 1.807) is 6.07 Å². The standard InChI is InChI=1S/C15H17NOS/c1-11-3-5-13(6-4-11)10-18(17)15-8-7-14(16)9-12(15)2/h3-9H,10,16H2,1-2H3. The molecule has 1 atom stereocenters. The molecular formula is C15H17NOS. The SMILES string of the molecule is Cc1ccc(CS(=O)c2ccc(N)cc2C)cc1. The molecule has 2 aromatic carbocycles. The van der Waals surface area contributed by atoms with Crippen molar-refractivity contribution in [1.82, 2.24) is 0 Å². The molecule has 0 saturated carbocycles. The van der Waals surface area contributed by atoms with Gasteiger partial charge in [-0.15, -0.1) is 0 Å². The van der Waals surface area contributed by atoms with Gasteiger partial charge in [-0.1, -0.05) is 29.8 Å². The maximum Gasteiger partial charge on any atom is 0.0576 e. The van der Waals surface area contributed by atoms with E-state index in [-0.39, 0.29) is 0 Å². The molecule has 2 aromatic rings. The van der Waals surface area contributed by atoms with Gasteiger partial charge in [0, 0.05) is 10.6 Å². The molecule has 0 heterocycles. The van der Waals surface area contributed by atoms with Crippen LogP contribution in [0.25, 0.3) is 0 Å². The smallest absolute Gasteiger partial charge is 0.0576 e. The average molecular weight is 259 g/mol. The average Bonchev–Trinajstić information content (AvgIpc) is 2.32. The highest BCUT2D eigenvalue weighted by Crippen LogP contribution is 2.19. The highest BCUT2D eigenvalue weighted by atomic mass is 32.2. The first-order valence-corrected chi connectivity index (χ1v) is 7.18. The van der Waals surface area contributed by atoms with Gasteiger partial charge >= 0.3 is 0 Å². The van der Waals surface area contributed by atoms with Crippen molar-refractivity contribution in [2.75, 3.05) is 5.73 Å². The van der Waals surface area contributed by atoms with Crippen molar-refractivity contribution < 1.29 is 4.21 Å². The summed E-state index contributed by atoms with van der Waals surface area (Å²) < 4.78 is 12.3. The fourth-order valence-electron chi connectivity index (χ4n) is 1.84. The van der Waals surface area contributed by atoms with E-state index in [1.807, 2.05) is 50.2 Å². The zero-order valence-electron chi connectivity index (χ0n) is 10.6. The third kappa shape index (κ3) is 2.99. The van der Waals surface area contributed by atoms with Gasteiger partial charge in [0.25, 0.3) is 0 Å². The Bertz CT molecular complexity index is 576. The Balaban J connectivity index is 2.19. The first-order chi connectivity index (χ1) is 8.56. The van der Waals surface area contributed by atoms with Crippen molar-refractivity contribution in [3.8, 4) is 0 Å². The zero-order chi connectivity index (χ0) is 13.1. The molecular weight excluding hydrogens is 242 g/mol. The Morgan fingerprint density at radius 2 is 1.72 bits per heavy atom. The van der Waals surface area contributed by atoms with Crippen LogP contribution in [0.1, 0.15) is 16.7 Å². The molecule has 94 valence electrons. The molecule has 0 aliphatic carbocycles. The second kappa shape index (κ2) is 5.36. The summed E-state index contributed by atoms with van der Waals surface area (Å²) in [6, 6.07) is 13.7. The number of hydrogen-bond acceptors (Lipinski definition) is 2. The van der Waals surface area contributed by atoms with Gasteiger partial charge in [0.2, 0.25) is 0 Å². The number of rotatable bonds is 3. The largest absolute Gasteiger partial charge is 0.399 e. The molecule has 0 bridgehead atoms. The first-order valence-electron chi connectivity index (χ1n) is 5.86.